The second kappa shape index (κ2) is 10.9. The molecule has 36 heavy (non-hydrogen) atoms. The van der Waals surface area contributed by atoms with Gasteiger partial charge in [-0.25, -0.2) is 14.6 Å². The van der Waals surface area contributed by atoms with Crippen molar-refractivity contribution in [3.05, 3.63) is 102 Å². The molecule has 0 saturated carbocycles. The summed E-state index contributed by atoms with van der Waals surface area (Å²) in [6, 6.07) is 15.8. The van der Waals surface area contributed by atoms with E-state index in [1.807, 2.05) is 22.6 Å². The van der Waals surface area contributed by atoms with Gasteiger partial charge in [0.05, 0.1) is 20.7 Å². The number of rotatable bonds is 7. The van der Waals surface area contributed by atoms with E-state index in [1.165, 1.54) is 24.3 Å². The van der Waals surface area contributed by atoms with Gasteiger partial charge >= 0.3 is 11.9 Å². The van der Waals surface area contributed by atoms with Crippen LogP contribution in [0, 0.1) is 13.7 Å². The van der Waals surface area contributed by atoms with E-state index in [2.05, 4.69) is 4.99 Å². The van der Waals surface area contributed by atoms with Crippen LogP contribution in [0.5, 0.6) is 11.5 Å². The minimum Gasteiger partial charge on any atom is -0.490 e. The summed E-state index contributed by atoms with van der Waals surface area (Å²) in [6.45, 7) is 2.10. The standard InChI is InChI=1S/C25H16ClIN2O7/c1-2-34-21-12-14(10-18(27)22(21)35-24(30)15-6-4-3-5-7-15)11-19-25(31)36-23(28-19)16-8-9-17(26)20(13-16)29(32)33/h3-13H,2H2,1H3/b19-11-. The highest BCUT2D eigenvalue weighted by molar-refractivity contribution is 14.1. The molecule has 11 heteroatoms. The first-order valence-corrected chi connectivity index (χ1v) is 11.9. The molecule has 3 aromatic rings. The number of nitrogens with zero attached hydrogens (tertiary/aromatic N) is 2. The maximum atomic E-state index is 12.6. The summed E-state index contributed by atoms with van der Waals surface area (Å²) >= 11 is 7.86. The van der Waals surface area contributed by atoms with Crippen LogP contribution in [0.2, 0.25) is 5.02 Å². The lowest BCUT2D eigenvalue weighted by Crippen LogP contribution is -2.10. The Morgan fingerprint density at radius 1 is 1.19 bits per heavy atom. The van der Waals surface area contributed by atoms with Crippen molar-refractivity contribution in [1.82, 2.24) is 0 Å². The Labute approximate surface area is 223 Å². The highest BCUT2D eigenvalue weighted by atomic mass is 127. The van der Waals surface area contributed by atoms with E-state index in [9.17, 15) is 19.7 Å². The van der Waals surface area contributed by atoms with Crippen molar-refractivity contribution in [3.63, 3.8) is 0 Å². The van der Waals surface area contributed by atoms with Gasteiger partial charge in [-0.1, -0.05) is 29.8 Å². The normalized spacial score (nSPS) is 13.8. The Bertz CT molecular complexity index is 1440. The number of carbonyl (C=O) groups excluding carboxylic acids is 2. The quantitative estimate of drug-likeness (QED) is 0.0819. The summed E-state index contributed by atoms with van der Waals surface area (Å²) in [5.74, 6) is -0.787. The van der Waals surface area contributed by atoms with E-state index < -0.39 is 16.9 Å². The van der Waals surface area contributed by atoms with Crippen LogP contribution in [-0.2, 0) is 9.53 Å². The fourth-order valence-corrected chi connectivity index (χ4v) is 4.16. The van der Waals surface area contributed by atoms with E-state index >= 15 is 0 Å². The average Bonchev–Trinajstić information content (AvgIpc) is 3.22. The van der Waals surface area contributed by atoms with Gasteiger partial charge in [-0.05, 0) is 77.6 Å². The Morgan fingerprint density at radius 3 is 2.64 bits per heavy atom. The molecule has 0 aromatic heterocycles. The first-order chi connectivity index (χ1) is 17.3. The number of carbonyl (C=O) groups is 2. The fourth-order valence-electron chi connectivity index (χ4n) is 3.24. The van der Waals surface area contributed by atoms with Crippen molar-refractivity contribution in [3.8, 4) is 11.5 Å². The Morgan fingerprint density at radius 2 is 1.94 bits per heavy atom. The molecule has 1 aliphatic heterocycles. The van der Waals surface area contributed by atoms with Crippen LogP contribution < -0.4 is 9.47 Å². The van der Waals surface area contributed by atoms with E-state index in [0.29, 0.717) is 27.1 Å². The monoisotopic (exact) mass is 618 g/mol. The van der Waals surface area contributed by atoms with Crippen LogP contribution in [0.1, 0.15) is 28.4 Å². The molecule has 3 aromatic carbocycles. The Balaban J connectivity index is 1.66. The lowest BCUT2D eigenvalue weighted by atomic mass is 10.1. The lowest BCUT2D eigenvalue weighted by Gasteiger charge is -2.13. The smallest absolute Gasteiger partial charge is 0.363 e. The maximum Gasteiger partial charge on any atom is 0.363 e. The fraction of sp³-hybridized carbons (Fsp3) is 0.0800. The van der Waals surface area contributed by atoms with Crippen LogP contribution in [0.3, 0.4) is 0 Å². The molecule has 0 amide bonds. The lowest BCUT2D eigenvalue weighted by molar-refractivity contribution is -0.384. The molecule has 0 N–H and O–H groups in total. The molecule has 4 rings (SSSR count). The molecular formula is C25H16ClIN2O7. The van der Waals surface area contributed by atoms with Gasteiger partial charge < -0.3 is 14.2 Å². The number of hydrogen-bond donors (Lipinski definition) is 0. The third-order valence-corrected chi connectivity index (χ3v) is 5.97. The number of cyclic esters (lactones) is 1. The van der Waals surface area contributed by atoms with Gasteiger partial charge in [0.2, 0.25) is 5.90 Å². The SMILES string of the molecule is CCOc1cc(/C=C2\N=C(c3ccc(Cl)c([N+](=O)[O-])c3)OC2=O)cc(I)c1OC(=O)c1ccccc1. The van der Waals surface area contributed by atoms with Crippen LogP contribution in [0.4, 0.5) is 5.69 Å². The molecule has 0 saturated heterocycles. The molecule has 0 aliphatic carbocycles. The molecule has 0 radical (unpaired) electrons. The highest BCUT2D eigenvalue weighted by Crippen LogP contribution is 2.36. The van der Waals surface area contributed by atoms with E-state index in [-0.39, 0.29) is 33.6 Å². The molecule has 0 fully saturated rings. The molecule has 0 bridgehead atoms. The predicted octanol–water partition coefficient (Wildman–Crippen LogP) is 5.82. The van der Waals surface area contributed by atoms with Crippen molar-refractivity contribution < 1.29 is 28.7 Å². The van der Waals surface area contributed by atoms with E-state index in [0.717, 1.165) is 0 Å². The Hall–Kier alpha value is -3.77. The first kappa shape index (κ1) is 25.3. The number of hydrogen-bond acceptors (Lipinski definition) is 8. The number of nitro benzene ring substituents is 1. The van der Waals surface area contributed by atoms with E-state index in [1.54, 1.807) is 49.4 Å². The zero-order valence-corrected chi connectivity index (χ0v) is 21.5. The third kappa shape index (κ3) is 5.55. The van der Waals surface area contributed by atoms with E-state index in [4.69, 9.17) is 25.8 Å². The van der Waals surface area contributed by atoms with Gasteiger partial charge in [0.25, 0.3) is 5.69 Å². The van der Waals surface area contributed by atoms with Crippen LogP contribution in [0.15, 0.2) is 71.4 Å². The summed E-state index contributed by atoms with van der Waals surface area (Å²) in [7, 11) is 0. The van der Waals surface area contributed by atoms with Gasteiger partial charge in [0.1, 0.15) is 5.02 Å². The number of ether oxygens (including phenoxy) is 3. The van der Waals surface area contributed by atoms with Gasteiger partial charge in [0.15, 0.2) is 17.2 Å². The molecule has 1 aliphatic rings. The van der Waals surface area contributed by atoms with Crippen molar-refractivity contribution in [1.29, 1.82) is 0 Å². The van der Waals surface area contributed by atoms with Crippen LogP contribution in [-0.4, -0.2) is 29.4 Å². The Kier molecular flexibility index (Phi) is 7.65. The number of benzene rings is 3. The molecule has 0 atom stereocenters. The van der Waals surface area contributed by atoms with Crippen LogP contribution in [0.25, 0.3) is 6.08 Å². The molecule has 182 valence electrons. The zero-order chi connectivity index (χ0) is 25.8. The summed E-state index contributed by atoms with van der Waals surface area (Å²) in [5, 5.41) is 11.1. The van der Waals surface area contributed by atoms with Gasteiger partial charge in [-0.2, -0.15) is 0 Å². The molecular weight excluding hydrogens is 603 g/mol. The number of nitro groups is 1. The maximum absolute atomic E-state index is 12.6. The summed E-state index contributed by atoms with van der Waals surface area (Å²) in [5.41, 5.74) is 0.814. The minimum absolute atomic E-state index is 0.0186. The van der Waals surface area contributed by atoms with Crippen molar-refractivity contribution >= 4 is 63.8 Å². The second-order valence-electron chi connectivity index (χ2n) is 7.28. The summed E-state index contributed by atoms with van der Waals surface area (Å²) in [6.07, 6.45) is 1.48. The largest absolute Gasteiger partial charge is 0.490 e. The molecule has 1 heterocycles. The van der Waals surface area contributed by atoms with Gasteiger partial charge in [-0.15, -0.1) is 0 Å². The minimum atomic E-state index is -0.727. The van der Waals surface area contributed by atoms with Crippen molar-refractivity contribution in [2.45, 2.75) is 6.92 Å². The highest BCUT2D eigenvalue weighted by Gasteiger charge is 2.27. The third-order valence-electron chi connectivity index (χ3n) is 4.85. The molecule has 9 nitrogen and oxygen atoms in total. The van der Waals surface area contributed by atoms with Crippen LogP contribution >= 0.6 is 34.2 Å². The number of halogens is 2. The van der Waals surface area contributed by atoms with Crippen molar-refractivity contribution in [2.75, 3.05) is 6.61 Å². The number of aliphatic imine (C=N–C) groups is 1. The van der Waals surface area contributed by atoms with Gasteiger partial charge in [0, 0.05) is 11.6 Å². The average molecular weight is 619 g/mol. The summed E-state index contributed by atoms with van der Waals surface area (Å²) < 4.78 is 17.1. The first-order valence-electron chi connectivity index (χ1n) is 10.5. The van der Waals surface area contributed by atoms with Crippen molar-refractivity contribution in [2.24, 2.45) is 4.99 Å². The molecule has 0 unspecified atom stereocenters. The number of esters is 2. The predicted molar refractivity (Wildman–Crippen MR) is 140 cm³/mol. The second-order valence-corrected chi connectivity index (χ2v) is 8.85. The molecule has 0 spiro atoms. The zero-order valence-electron chi connectivity index (χ0n) is 18.6. The summed E-state index contributed by atoms with van der Waals surface area (Å²) in [4.78, 5) is 39.7. The topological polar surface area (TPSA) is 117 Å². The van der Waals surface area contributed by atoms with Gasteiger partial charge in [-0.3, -0.25) is 10.1 Å².